The van der Waals surface area contributed by atoms with E-state index >= 15 is 0 Å². The van der Waals surface area contributed by atoms with Crippen molar-refractivity contribution in [3.8, 4) is 5.75 Å². The molecule has 164 valence electrons. The van der Waals surface area contributed by atoms with Crippen molar-refractivity contribution in [2.24, 2.45) is 16.9 Å². The monoisotopic (exact) mass is 456 g/mol. The SMILES string of the molecule is CCOc1ccc(Cl)cc1/C=N/N1C(=O)C2C3c4ccccc4C(c4ccccc43)C2C1=O. The highest BCUT2D eigenvalue weighted by Gasteiger charge is 2.61. The van der Waals surface area contributed by atoms with Gasteiger partial charge in [0.2, 0.25) is 0 Å². The summed E-state index contributed by atoms with van der Waals surface area (Å²) in [6.07, 6.45) is 1.49. The highest BCUT2D eigenvalue weighted by molar-refractivity contribution is 6.31. The third-order valence-corrected chi connectivity index (χ3v) is 7.24. The molecule has 2 atom stereocenters. The molecule has 0 spiro atoms. The Morgan fingerprint density at radius 3 is 1.88 bits per heavy atom. The van der Waals surface area contributed by atoms with Gasteiger partial charge in [0.15, 0.2) is 0 Å². The summed E-state index contributed by atoms with van der Waals surface area (Å²) in [4.78, 5) is 27.2. The van der Waals surface area contributed by atoms with E-state index in [-0.39, 0.29) is 23.7 Å². The third-order valence-electron chi connectivity index (χ3n) is 7.01. The molecule has 2 bridgehead atoms. The molecular formula is C27H21ClN2O3. The Morgan fingerprint density at radius 2 is 1.39 bits per heavy atom. The van der Waals surface area contributed by atoms with Gasteiger partial charge in [-0.2, -0.15) is 10.1 Å². The zero-order valence-electron chi connectivity index (χ0n) is 17.9. The van der Waals surface area contributed by atoms with E-state index in [1.54, 1.807) is 18.2 Å². The highest BCUT2D eigenvalue weighted by atomic mass is 35.5. The zero-order chi connectivity index (χ0) is 22.7. The summed E-state index contributed by atoms with van der Waals surface area (Å²) in [6.45, 7) is 2.37. The molecule has 0 N–H and O–H groups in total. The lowest BCUT2D eigenvalue weighted by molar-refractivity contribution is -0.139. The van der Waals surface area contributed by atoms with Crippen molar-refractivity contribution in [3.05, 3.63) is 99.6 Å². The number of carbonyl (C=O) groups is 2. The molecule has 6 heteroatoms. The molecule has 33 heavy (non-hydrogen) atoms. The van der Waals surface area contributed by atoms with E-state index in [4.69, 9.17) is 16.3 Å². The lowest BCUT2D eigenvalue weighted by atomic mass is 9.55. The standard InChI is InChI=1S/C27H21ClN2O3/c1-2-33-21-12-11-16(28)13-15(21)14-29-30-26(31)24-22-17-7-3-4-8-18(17)23(25(24)27(30)32)20-10-6-5-9-19(20)22/h3-14,22-25H,2H2,1H3/b29-14+. The molecular weight excluding hydrogens is 436 g/mol. The van der Waals surface area contributed by atoms with Gasteiger partial charge < -0.3 is 4.74 Å². The van der Waals surface area contributed by atoms with Crippen LogP contribution in [0.2, 0.25) is 5.02 Å². The van der Waals surface area contributed by atoms with Gasteiger partial charge in [-0.15, -0.1) is 0 Å². The number of imide groups is 1. The number of rotatable bonds is 4. The summed E-state index contributed by atoms with van der Waals surface area (Å²) >= 11 is 6.15. The van der Waals surface area contributed by atoms with Crippen molar-refractivity contribution < 1.29 is 14.3 Å². The molecule has 0 radical (unpaired) electrons. The first-order valence-electron chi connectivity index (χ1n) is 11.1. The molecule has 1 saturated heterocycles. The number of halogens is 1. The largest absolute Gasteiger partial charge is 0.493 e. The topological polar surface area (TPSA) is 59.0 Å². The average molecular weight is 457 g/mol. The van der Waals surface area contributed by atoms with Gasteiger partial charge in [-0.25, -0.2) is 0 Å². The minimum atomic E-state index is -0.449. The van der Waals surface area contributed by atoms with Gasteiger partial charge in [0.25, 0.3) is 11.8 Å². The first kappa shape index (κ1) is 20.2. The molecule has 3 aromatic carbocycles. The van der Waals surface area contributed by atoms with Crippen LogP contribution in [0.1, 0.15) is 46.6 Å². The molecule has 7 rings (SSSR count). The fourth-order valence-electron chi connectivity index (χ4n) is 5.80. The van der Waals surface area contributed by atoms with Crippen molar-refractivity contribution in [1.29, 1.82) is 0 Å². The van der Waals surface area contributed by atoms with Gasteiger partial charge in [-0.05, 0) is 47.4 Å². The van der Waals surface area contributed by atoms with Crippen LogP contribution in [0.3, 0.4) is 0 Å². The lowest BCUT2D eigenvalue weighted by Gasteiger charge is -2.45. The van der Waals surface area contributed by atoms with E-state index in [0.717, 1.165) is 27.3 Å². The normalized spacial score (nSPS) is 24.7. The van der Waals surface area contributed by atoms with Crippen LogP contribution in [-0.4, -0.2) is 29.6 Å². The number of hydrazone groups is 1. The summed E-state index contributed by atoms with van der Waals surface area (Å²) in [5, 5.41) is 5.94. The van der Waals surface area contributed by atoms with Crippen molar-refractivity contribution in [2.45, 2.75) is 18.8 Å². The summed E-state index contributed by atoms with van der Waals surface area (Å²) in [6, 6.07) is 21.6. The molecule has 0 aromatic heterocycles. The van der Waals surface area contributed by atoms with Gasteiger partial charge in [0.1, 0.15) is 5.75 Å². The second kappa shape index (κ2) is 7.56. The smallest absolute Gasteiger partial charge is 0.254 e. The van der Waals surface area contributed by atoms with Crippen LogP contribution in [0.15, 0.2) is 71.8 Å². The zero-order valence-corrected chi connectivity index (χ0v) is 18.7. The fraction of sp³-hybridized carbons (Fsp3) is 0.222. The molecule has 3 aliphatic carbocycles. The number of hydrogen-bond donors (Lipinski definition) is 0. The van der Waals surface area contributed by atoms with Crippen LogP contribution in [0.5, 0.6) is 5.75 Å². The van der Waals surface area contributed by atoms with E-state index in [0.29, 0.717) is 22.9 Å². The quantitative estimate of drug-likeness (QED) is 0.411. The van der Waals surface area contributed by atoms with Crippen LogP contribution in [-0.2, 0) is 9.59 Å². The van der Waals surface area contributed by atoms with Gasteiger partial charge in [-0.1, -0.05) is 60.1 Å². The number of amides is 2. The Kier molecular flexibility index (Phi) is 4.63. The predicted molar refractivity (Wildman–Crippen MR) is 126 cm³/mol. The van der Waals surface area contributed by atoms with Crippen molar-refractivity contribution in [3.63, 3.8) is 0 Å². The first-order chi connectivity index (χ1) is 16.1. The number of benzene rings is 3. The summed E-state index contributed by atoms with van der Waals surface area (Å²) < 4.78 is 5.65. The minimum Gasteiger partial charge on any atom is -0.493 e. The maximum absolute atomic E-state index is 13.6. The Labute approximate surface area is 196 Å². The summed E-state index contributed by atoms with van der Waals surface area (Å²) in [5.74, 6) is -1.09. The molecule has 3 aromatic rings. The maximum atomic E-state index is 13.6. The number of hydrogen-bond acceptors (Lipinski definition) is 4. The second-order valence-corrected chi connectivity index (χ2v) is 9.05. The average Bonchev–Trinajstić information content (AvgIpc) is 3.09. The second-order valence-electron chi connectivity index (χ2n) is 8.61. The number of nitrogens with zero attached hydrogens (tertiary/aromatic N) is 2. The highest BCUT2D eigenvalue weighted by Crippen LogP contribution is 2.60. The van der Waals surface area contributed by atoms with E-state index in [9.17, 15) is 9.59 Å². The summed E-state index contributed by atoms with van der Waals surface area (Å²) in [7, 11) is 0. The van der Waals surface area contributed by atoms with Gasteiger partial charge in [0.05, 0.1) is 24.7 Å². The number of ether oxygens (including phenoxy) is 1. The van der Waals surface area contributed by atoms with E-state index in [2.05, 4.69) is 29.4 Å². The van der Waals surface area contributed by atoms with Crippen molar-refractivity contribution >= 4 is 29.6 Å². The molecule has 2 unspecified atom stereocenters. The molecule has 1 fully saturated rings. The summed E-state index contributed by atoms with van der Waals surface area (Å²) in [5.41, 5.74) is 5.19. The first-order valence-corrected chi connectivity index (χ1v) is 11.5. The minimum absolute atomic E-state index is 0.144. The maximum Gasteiger partial charge on any atom is 0.254 e. The fourth-order valence-corrected chi connectivity index (χ4v) is 5.98. The van der Waals surface area contributed by atoms with Crippen LogP contribution in [0.4, 0.5) is 0 Å². The molecule has 1 aliphatic heterocycles. The van der Waals surface area contributed by atoms with E-state index in [1.807, 2.05) is 31.2 Å². The molecule has 0 saturated carbocycles. The lowest BCUT2D eigenvalue weighted by Crippen LogP contribution is -2.41. The predicted octanol–water partition coefficient (Wildman–Crippen LogP) is 4.96. The van der Waals surface area contributed by atoms with Gasteiger partial charge >= 0.3 is 0 Å². The van der Waals surface area contributed by atoms with Crippen LogP contribution in [0.25, 0.3) is 0 Å². The number of carbonyl (C=O) groups excluding carboxylic acids is 2. The van der Waals surface area contributed by atoms with Gasteiger partial charge in [-0.3, -0.25) is 9.59 Å². The Hall–Kier alpha value is -3.44. The van der Waals surface area contributed by atoms with E-state index in [1.165, 1.54) is 6.21 Å². The third kappa shape index (κ3) is 2.89. The van der Waals surface area contributed by atoms with Crippen molar-refractivity contribution in [1.82, 2.24) is 5.01 Å². The molecule has 1 heterocycles. The van der Waals surface area contributed by atoms with E-state index < -0.39 is 11.8 Å². The Morgan fingerprint density at radius 1 is 0.879 bits per heavy atom. The van der Waals surface area contributed by atoms with Crippen molar-refractivity contribution in [2.75, 3.05) is 6.61 Å². The van der Waals surface area contributed by atoms with Crippen LogP contribution in [0, 0.1) is 11.8 Å². The van der Waals surface area contributed by atoms with Crippen LogP contribution < -0.4 is 4.74 Å². The molecule has 5 nitrogen and oxygen atoms in total. The molecule has 4 aliphatic rings. The van der Waals surface area contributed by atoms with Crippen LogP contribution >= 0.6 is 11.6 Å². The Bertz CT molecular complexity index is 1220. The van der Waals surface area contributed by atoms with Gasteiger partial charge in [0, 0.05) is 22.4 Å². The Balaban J connectivity index is 1.42. The molecule has 2 amide bonds.